The van der Waals surface area contributed by atoms with Crippen LogP contribution in [0, 0.1) is 5.92 Å². The zero-order valence-electron chi connectivity index (χ0n) is 9.78. The van der Waals surface area contributed by atoms with E-state index >= 15 is 0 Å². The first kappa shape index (κ1) is 14.0. The van der Waals surface area contributed by atoms with E-state index in [1.165, 1.54) is 6.20 Å². The summed E-state index contributed by atoms with van der Waals surface area (Å²) in [4.78, 5) is 7.99. The van der Waals surface area contributed by atoms with Crippen LogP contribution in [0.3, 0.4) is 0 Å². The molecule has 5 N–H and O–H groups in total. The highest BCUT2D eigenvalue weighted by atomic mass is 35.5. The van der Waals surface area contributed by atoms with Crippen LogP contribution >= 0.6 is 11.6 Å². The van der Waals surface area contributed by atoms with E-state index < -0.39 is 0 Å². The molecule has 1 aromatic rings. The molecule has 0 aliphatic heterocycles. The number of hydrazine groups is 1. The van der Waals surface area contributed by atoms with Gasteiger partial charge in [-0.3, -0.25) is 5.43 Å². The van der Waals surface area contributed by atoms with E-state index in [1.807, 2.05) is 0 Å². The second-order valence-corrected chi connectivity index (χ2v) is 4.11. The summed E-state index contributed by atoms with van der Waals surface area (Å²) in [5.41, 5.74) is 2.36. The van der Waals surface area contributed by atoms with Crippen molar-refractivity contribution in [3.05, 3.63) is 11.2 Å². The van der Waals surface area contributed by atoms with Crippen LogP contribution in [0.1, 0.15) is 19.8 Å². The SMILES string of the molecule is CCC(CCO)CNc1nc(NN)ncc1Cl. The molecule has 0 amide bonds. The molecule has 96 valence electrons. The average molecular weight is 260 g/mol. The van der Waals surface area contributed by atoms with Crippen molar-refractivity contribution in [3.63, 3.8) is 0 Å². The molecule has 0 radical (unpaired) electrons. The van der Waals surface area contributed by atoms with Crippen LogP contribution in [-0.2, 0) is 0 Å². The Bertz CT molecular complexity index is 349. The van der Waals surface area contributed by atoms with Gasteiger partial charge in [-0.2, -0.15) is 4.98 Å². The number of hydrogen-bond donors (Lipinski definition) is 4. The lowest BCUT2D eigenvalue weighted by molar-refractivity contribution is 0.258. The fraction of sp³-hybridized carbons (Fsp3) is 0.600. The predicted octanol–water partition coefficient (Wildman–Crippen LogP) is 1.24. The molecule has 1 atom stereocenters. The number of nitrogens with one attached hydrogen (secondary N) is 2. The fourth-order valence-electron chi connectivity index (χ4n) is 1.43. The van der Waals surface area contributed by atoms with Crippen LogP contribution in [0.4, 0.5) is 11.8 Å². The number of anilines is 2. The van der Waals surface area contributed by atoms with E-state index in [0.717, 1.165) is 12.8 Å². The third-order valence-electron chi connectivity index (χ3n) is 2.55. The first-order chi connectivity index (χ1) is 8.21. The molecule has 1 heterocycles. The Kier molecular flexibility index (Phi) is 5.96. The number of nitrogens with two attached hydrogens (primary N) is 1. The Labute approximate surface area is 106 Å². The van der Waals surface area contributed by atoms with Crippen molar-refractivity contribution in [2.24, 2.45) is 11.8 Å². The van der Waals surface area contributed by atoms with E-state index in [4.69, 9.17) is 22.6 Å². The highest BCUT2D eigenvalue weighted by molar-refractivity contribution is 6.32. The number of nitrogens with zero attached hydrogens (tertiary/aromatic N) is 2. The summed E-state index contributed by atoms with van der Waals surface area (Å²) >= 11 is 5.95. The summed E-state index contributed by atoms with van der Waals surface area (Å²) < 4.78 is 0. The molecular formula is C10H18ClN5O. The molecule has 0 fully saturated rings. The maximum atomic E-state index is 8.90. The summed E-state index contributed by atoms with van der Waals surface area (Å²) in [6.07, 6.45) is 3.23. The van der Waals surface area contributed by atoms with Crippen LogP contribution in [0.15, 0.2) is 6.20 Å². The molecule has 0 spiro atoms. The maximum Gasteiger partial charge on any atom is 0.239 e. The van der Waals surface area contributed by atoms with Gasteiger partial charge in [-0.05, 0) is 12.3 Å². The standard InChI is InChI=1S/C10H18ClN5O/c1-2-7(3-4-17)5-13-9-8(11)6-14-10(15-9)16-12/h6-7,17H,2-5,12H2,1H3,(H2,13,14,15,16). The number of aliphatic hydroxyl groups excluding tert-OH is 1. The number of aliphatic hydroxyl groups is 1. The number of hydrogen-bond acceptors (Lipinski definition) is 6. The lowest BCUT2D eigenvalue weighted by Gasteiger charge is -2.15. The normalized spacial score (nSPS) is 12.2. The van der Waals surface area contributed by atoms with Crippen LogP contribution in [0.25, 0.3) is 0 Å². The fourth-order valence-corrected chi connectivity index (χ4v) is 1.59. The summed E-state index contributed by atoms with van der Waals surface area (Å²) in [5.74, 6) is 6.47. The van der Waals surface area contributed by atoms with Gasteiger partial charge in [0.05, 0.1) is 6.20 Å². The van der Waals surface area contributed by atoms with E-state index in [1.54, 1.807) is 0 Å². The minimum Gasteiger partial charge on any atom is -0.396 e. The largest absolute Gasteiger partial charge is 0.396 e. The first-order valence-corrected chi connectivity index (χ1v) is 5.92. The van der Waals surface area contributed by atoms with Gasteiger partial charge < -0.3 is 10.4 Å². The van der Waals surface area contributed by atoms with Gasteiger partial charge in [0, 0.05) is 13.2 Å². The van der Waals surface area contributed by atoms with E-state index in [0.29, 0.717) is 29.3 Å². The molecule has 1 rings (SSSR count). The number of rotatable bonds is 7. The van der Waals surface area contributed by atoms with Crippen molar-refractivity contribution in [2.75, 3.05) is 23.9 Å². The number of aromatic nitrogens is 2. The Balaban J connectivity index is 2.60. The van der Waals surface area contributed by atoms with Gasteiger partial charge in [0.2, 0.25) is 5.95 Å². The van der Waals surface area contributed by atoms with Gasteiger partial charge in [-0.15, -0.1) is 0 Å². The Morgan fingerprint density at radius 2 is 2.35 bits per heavy atom. The van der Waals surface area contributed by atoms with E-state index in [-0.39, 0.29) is 6.61 Å². The van der Waals surface area contributed by atoms with Crippen LogP contribution in [-0.4, -0.2) is 28.2 Å². The maximum absolute atomic E-state index is 8.90. The summed E-state index contributed by atoms with van der Waals surface area (Å²) in [7, 11) is 0. The van der Waals surface area contributed by atoms with Crippen molar-refractivity contribution >= 4 is 23.4 Å². The van der Waals surface area contributed by atoms with Gasteiger partial charge in [0.25, 0.3) is 0 Å². The highest BCUT2D eigenvalue weighted by Gasteiger charge is 2.08. The zero-order chi connectivity index (χ0) is 12.7. The Morgan fingerprint density at radius 1 is 1.59 bits per heavy atom. The molecule has 1 aromatic heterocycles. The molecule has 0 saturated carbocycles. The van der Waals surface area contributed by atoms with Gasteiger partial charge in [-0.25, -0.2) is 10.8 Å². The number of nitrogen functional groups attached to an aromatic ring is 1. The van der Waals surface area contributed by atoms with E-state index in [2.05, 4.69) is 27.6 Å². The summed E-state index contributed by atoms with van der Waals surface area (Å²) in [6, 6.07) is 0. The Morgan fingerprint density at radius 3 is 2.94 bits per heavy atom. The lowest BCUT2D eigenvalue weighted by Crippen LogP contribution is -2.17. The molecule has 6 nitrogen and oxygen atoms in total. The smallest absolute Gasteiger partial charge is 0.239 e. The molecule has 7 heteroatoms. The molecule has 0 aromatic carbocycles. The molecular weight excluding hydrogens is 242 g/mol. The van der Waals surface area contributed by atoms with Crippen LogP contribution in [0.5, 0.6) is 0 Å². The predicted molar refractivity (Wildman–Crippen MR) is 68.8 cm³/mol. The molecule has 17 heavy (non-hydrogen) atoms. The van der Waals surface area contributed by atoms with Crippen molar-refractivity contribution in [2.45, 2.75) is 19.8 Å². The minimum absolute atomic E-state index is 0.188. The van der Waals surface area contributed by atoms with Gasteiger partial charge in [0.15, 0.2) is 5.82 Å². The molecule has 1 unspecified atom stereocenters. The third-order valence-corrected chi connectivity index (χ3v) is 2.82. The third kappa shape index (κ3) is 4.33. The van der Waals surface area contributed by atoms with Crippen LogP contribution in [0.2, 0.25) is 5.02 Å². The topological polar surface area (TPSA) is 96.1 Å². The highest BCUT2D eigenvalue weighted by Crippen LogP contribution is 2.20. The van der Waals surface area contributed by atoms with Crippen molar-refractivity contribution in [1.82, 2.24) is 9.97 Å². The van der Waals surface area contributed by atoms with Gasteiger partial charge in [-0.1, -0.05) is 24.9 Å². The molecule has 0 aliphatic rings. The second kappa shape index (κ2) is 7.26. The molecule has 0 saturated heterocycles. The Hall–Kier alpha value is -1.11. The van der Waals surface area contributed by atoms with Gasteiger partial charge in [0.1, 0.15) is 5.02 Å². The summed E-state index contributed by atoms with van der Waals surface area (Å²) in [6.45, 7) is 2.97. The average Bonchev–Trinajstić information content (AvgIpc) is 2.36. The zero-order valence-corrected chi connectivity index (χ0v) is 10.5. The molecule has 0 aliphatic carbocycles. The van der Waals surface area contributed by atoms with Gasteiger partial charge >= 0.3 is 0 Å². The lowest BCUT2D eigenvalue weighted by atomic mass is 10.0. The second-order valence-electron chi connectivity index (χ2n) is 3.70. The monoisotopic (exact) mass is 259 g/mol. The minimum atomic E-state index is 0.188. The van der Waals surface area contributed by atoms with Crippen molar-refractivity contribution in [3.8, 4) is 0 Å². The summed E-state index contributed by atoms with van der Waals surface area (Å²) in [5, 5.41) is 12.5. The van der Waals surface area contributed by atoms with Crippen molar-refractivity contribution < 1.29 is 5.11 Å². The van der Waals surface area contributed by atoms with Crippen LogP contribution < -0.4 is 16.6 Å². The first-order valence-electron chi connectivity index (χ1n) is 5.55. The quantitative estimate of drug-likeness (QED) is 0.435. The van der Waals surface area contributed by atoms with E-state index in [9.17, 15) is 0 Å². The number of halogens is 1. The van der Waals surface area contributed by atoms with Crippen molar-refractivity contribution in [1.29, 1.82) is 0 Å². The molecule has 0 bridgehead atoms.